The Bertz CT molecular complexity index is 365. The van der Waals surface area contributed by atoms with Crippen LogP contribution < -0.4 is 0 Å². The van der Waals surface area contributed by atoms with Gasteiger partial charge in [-0.3, -0.25) is 0 Å². The summed E-state index contributed by atoms with van der Waals surface area (Å²) in [7, 11) is 1.41. The first-order valence-corrected chi connectivity index (χ1v) is 9.40. The molecule has 1 aliphatic carbocycles. The van der Waals surface area contributed by atoms with Gasteiger partial charge in [-0.25, -0.2) is 9.59 Å². The molecule has 0 aliphatic heterocycles. The van der Waals surface area contributed by atoms with Gasteiger partial charge in [-0.2, -0.15) is 0 Å². The van der Waals surface area contributed by atoms with Crippen LogP contribution in [0.3, 0.4) is 0 Å². The average Bonchev–Trinajstić information content (AvgIpc) is 2.21. The zero-order valence-corrected chi connectivity index (χ0v) is 12.1. The van der Waals surface area contributed by atoms with Crippen molar-refractivity contribution in [1.82, 2.24) is 0 Å². The number of carbonyl (C=O) groups is 2. The maximum Gasteiger partial charge on any atom is 0.334 e. The largest absolute Gasteiger partial charge is 0.466 e. The minimum atomic E-state index is -1.26. The second-order valence-corrected chi connectivity index (χ2v) is 11.1. The molecule has 17 heavy (non-hydrogen) atoms. The number of hydrogen-bond donors (Lipinski definition) is 0. The summed E-state index contributed by atoms with van der Waals surface area (Å²) < 4.78 is 9.40. The van der Waals surface area contributed by atoms with E-state index in [4.69, 9.17) is 4.74 Å². The summed E-state index contributed by atoms with van der Waals surface area (Å²) in [5, 5.41) is 0. The molecule has 96 valence electrons. The van der Waals surface area contributed by atoms with E-state index in [0.29, 0.717) is 17.6 Å². The van der Waals surface area contributed by atoms with Gasteiger partial charge in [-0.05, 0) is 12.3 Å². The molecule has 1 rings (SSSR count). The lowest BCUT2D eigenvalue weighted by Gasteiger charge is -2.34. The number of methoxy groups -OCH3 is 2. The van der Waals surface area contributed by atoms with Crippen molar-refractivity contribution in [2.45, 2.75) is 32.1 Å². The van der Waals surface area contributed by atoms with Crippen LogP contribution in [0.4, 0.5) is 0 Å². The molecule has 0 amide bonds. The second kappa shape index (κ2) is 5.04. The van der Waals surface area contributed by atoms with Crippen molar-refractivity contribution < 1.29 is 19.1 Å². The summed E-state index contributed by atoms with van der Waals surface area (Å²) in [5.41, 5.74) is 1.02. The van der Waals surface area contributed by atoms with Gasteiger partial charge in [0, 0.05) is 13.6 Å². The molecule has 1 atom stereocenters. The smallest absolute Gasteiger partial charge is 0.334 e. The predicted octanol–water partition coefficient (Wildman–Crippen LogP) is 1.99. The first-order valence-electron chi connectivity index (χ1n) is 5.70. The van der Waals surface area contributed by atoms with Crippen LogP contribution in [0, 0.1) is 5.92 Å². The summed E-state index contributed by atoms with van der Waals surface area (Å²) in [6, 6.07) is 0.998. The number of esters is 2. The minimum absolute atomic E-state index is 0.170. The van der Waals surface area contributed by atoms with Crippen molar-refractivity contribution in [2.75, 3.05) is 14.2 Å². The minimum Gasteiger partial charge on any atom is -0.466 e. The van der Waals surface area contributed by atoms with E-state index in [9.17, 15) is 9.59 Å². The van der Waals surface area contributed by atoms with Crippen LogP contribution in [0.25, 0.3) is 0 Å². The first kappa shape index (κ1) is 14.0. The van der Waals surface area contributed by atoms with Gasteiger partial charge in [0.2, 0.25) is 0 Å². The molecule has 5 heteroatoms. The van der Waals surface area contributed by atoms with Gasteiger partial charge in [0.05, 0.1) is 19.8 Å². The topological polar surface area (TPSA) is 52.6 Å². The predicted molar refractivity (Wildman–Crippen MR) is 67.3 cm³/mol. The SMILES string of the molecule is COC(=O)C1=C(C(=O)OC)C(C[Si](C)(C)C)C1. The van der Waals surface area contributed by atoms with Crippen molar-refractivity contribution in [2.24, 2.45) is 5.92 Å². The van der Waals surface area contributed by atoms with E-state index in [0.717, 1.165) is 6.04 Å². The molecule has 0 saturated heterocycles. The Morgan fingerprint density at radius 1 is 1.18 bits per heavy atom. The third-order valence-electron chi connectivity index (χ3n) is 2.88. The molecule has 0 fully saturated rings. The van der Waals surface area contributed by atoms with E-state index in [1.807, 2.05) is 0 Å². The molecule has 0 aromatic rings. The highest BCUT2D eigenvalue weighted by molar-refractivity contribution is 6.76. The maximum absolute atomic E-state index is 11.6. The fourth-order valence-corrected chi connectivity index (χ4v) is 4.03. The summed E-state index contributed by atoms with van der Waals surface area (Å²) >= 11 is 0. The van der Waals surface area contributed by atoms with E-state index in [1.54, 1.807) is 0 Å². The van der Waals surface area contributed by atoms with Crippen molar-refractivity contribution >= 4 is 20.0 Å². The highest BCUT2D eigenvalue weighted by atomic mass is 28.3. The van der Waals surface area contributed by atoms with Gasteiger partial charge < -0.3 is 9.47 Å². The zero-order chi connectivity index (χ0) is 13.2. The summed E-state index contributed by atoms with van der Waals surface area (Å²) in [6.45, 7) is 6.74. The fraction of sp³-hybridized carbons (Fsp3) is 0.667. The Morgan fingerprint density at radius 2 is 1.71 bits per heavy atom. The quantitative estimate of drug-likeness (QED) is 0.570. The van der Waals surface area contributed by atoms with Crippen LogP contribution in [0.1, 0.15) is 6.42 Å². The summed E-state index contributed by atoms with van der Waals surface area (Å²) in [6.07, 6.45) is 0.640. The summed E-state index contributed by atoms with van der Waals surface area (Å²) in [5.74, 6) is -0.625. The van der Waals surface area contributed by atoms with Gasteiger partial charge >= 0.3 is 11.9 Å². The molecular formula is C12H20O4Si. The van der Waals surface area contributed by atoms with Crippen molar-refractivity contribution in [1.29, 1.82) is 0 Å². The van der Waals surface area contributed by atoms with Gasteiger partial charge in [-0.1, -0.05) is 25.7 Å². The fourth-order valence-electron chi connectivity index (χ4n) is 2.20. The van der Waals surface area contributed by atoms with Crippen LogP contribution in [-0.2, 0) is 19.1 Å². The van der Waals surface area contributed by atoms with Gasteiger partial charge in [0.1, 0.15) is 0 Å². The molecular weight excluding hydrogens is 236 g/mol. The van der Waals surface area contributed by atoms with Gasteiger partial charge in [-0.15, -0.1) is 0 Å². The molecule has 4 nitrogen and oxygen atoms in total. The van der Waals surface area contributed by atoms with E-state index in [2.05, 4.69) is 24.4 Å². The molecule has 0 spiro atoms. The lowest BCUT2D eigenvalue weighted by molar-refractivity contribution is -0.141. The van der Waals surface area contributed by atoms with Gasteiger partial charge in [0.25, 0.3) is 0 Å². The number of ether oxygens (including phenoxy) is 2. The molecule has 0 heterocycles. The normalized spacial score (nSPS) is 19.7. The lowest BCUT2D eigenvalue weighted by atomic mass is 9.78. The van der Waals surface area contributed by atoms with Crippen molar-refractivity contribution in [3.05, 3.63) is 11.1 Å². The molecule has 1 unspecified atom stereocenters. The van der Waals surface area contributed by atoms with Crippen LogP contribution in [0.5, 0.6) is 0 Å². The maximum atomic E-state index is 11.6. The standard InChI is InChI=1S/C12H20O4Si/c1-15-11(13)9-6-8(7-17(3,4)5)10(9)12(14)16-2/h8H,6-7H2,1-5H3. The molecule has 0 N–H and O–H groups in total. The van der Waals surface area contributed by atoms with Crippen LogP contribution in [0.15, 0.2) is 11.1 Å². The van der Waals surface area contributed by atoms with E-state index >= 15 is 0 Å². The summed E-state index contributed by atoms with van der Waals surface area (Å²) in [4.78, 5) is 23.1. The Kier molecular flexibility index (Phi) is 4.14. The molecule has 0 aromatic carbocycles. The monoisotopic (exact) mass is 256 g/mol. The Balaban J connectivity index is 2.91. The number of rotatable bonds is 4. The van der Waals surface area contributed by atoms with Crippen molar-refractivity contribution in [3.8, 4) is 0 Å². The van der Waals surface area contributed by atoms with Crippen LogP contribution in [0.2, 0.25) is 25.7 Å². The van der Waals surface area contributed by atoms with Crippen LogP contribution in [-0.4, -0.2) is 34.2 Å². The number of hydrogen-bond acceptors (Lipinski definition) is 4. The molecule has 1 aliphatic rings. The lowest BCUT2D eigenvalue weighted by Crippen LogP contribution is -2.35. The molecule has 0 aromatic heterocycles. The van der Waals surface area contributed by atoms with E-state index < -0.39 is 14.0 Å². The highest BCUT2D eigenvalue weighted by Gasteiger charge is 2.40. The van der Waals surface area contributed by atoms with Crippen molar-refractivity contribution in [3.63, 3.8) is 0 Å². The van der Waals surface area contributed by atoms with Crippen LogP contribution >= 0.6 is 0 Å². The Hall–Kier alpha value is -1.10. The number of carbonyl (C=O) groups excluding carboxylic acids is 2. The van der Waals surface area contributed by atoms with Gasteiger partial charge in [0.15, 0.2) is 0 Å². The second-order valence-electron chi connectivity index (χ2n) is 5.54. The first-order chi connectivity index (χ1) is 7.80. The third kappa shape index (κ3) is 3.18. The highest BCUT2D eigenvalue weighted by Crippen LogP contribution is 2.41. The third-order valence-corrected chi connectivity index (χ3v) is 4.60. The molecule has 0 bridgehead atoms. The zero-order valence-electron chi connectivity index (χ0n) is 11.1. The van der Waals surface area contributed by atoms with E-state index in [1.165, 1.54) is 14.2 Å². The molecule has 0 saturated carbocycles. The Morgan fingerprint density at radius 3 is 2.12 bits per heavy atom. The average molecular weight is 256 g/mol. The molecule has 0 radical (unpaired) electrons. The Labute approximate surface area is 103 Å². The van der Waals surface area contributed by atoms with E-state index in [-0.39, 0.29) is 11.9 Å².